The number of hydrogen-bond acceptors (Lipinski definition) is 5. The number of halogens is 1. The van der Waals surface area contributed by atoms with Gasteiger partial charge in [-0.1, -0.05) is 6.07 Å². The molecule has 0 saturated carbocycles. The molecule has 1 aliphatic rings. The van der Waals surface area contributed by atoms with Crippen molar-refractivity contribution in [1.82, 2.24) is 14.9 Å². The van der Waals surface area contributed by atoms with Crippen molar-refractivity contribution in [2.75, 3.05) is 42.9 Å². The fraction of sp³-hybridized carbons (Fsp3) is 0.353. The number of anilines is 2. The number of rotatable bonds is 5. The van der Waals surface area contributed by atoms with Gasteiger partial charge in [0.25, 0.3) is 0 Å². The summed E-state index contributed by atoms with van der Waals surface area (Å²) in [5.41, 5.74) is 0.689. The van der Waals surface area contributed by atoms with Gasteiger partial charge in [0.15, 0.2) is 0 Å². The van der Waals surface area contributed by atoms with Gasteiger partial charge in [0.1, 0.15) is 5.82 Å². The lowest BCUT2D eigenvalue weighted by atomic mass is 10.2. The number of piperazine rings is 1. The fourth-order valence-electron chi connectivity index (χ4n) is 2.68. The molecule has 2 heterocycles. The highest BCUT2D eigenvalue weighted by molar-refractivity contribution is 5.77. The van der Waals surface area contributed by atoms with Gasteiger partial charge in [-0.3, -0.25) is 4.79 Å². The summed E-state index contributed by atoms with van der Waals surface area (Å²) in [5.74, 6) is 0.524. The van der Waals surface area contributed by atoms with Gasteiger partial charge in [-0.05, 0) is 24.3 Å². The summed E-state index contributed by atoms with van der Waals surface area (Å²) < 4.78 is 13.1. The van der Waals surface area contributed by atoms with Crippen LogP contribution in [0.25, 0.3) is 0 Å². The Kier molecular flexibility index (Phi) is 5.20. The summed E-state index contributed by atoms with van der Waals surface area (Å²) in [4.78, 5) is 24.7. The van der Waals surface area contributed by atoms with Gasteiger partial charge in [0.2, 0.25) is 11.9 Å². The van der Waals surface area contributed by atoms with E-state index in [-0.39, 0.29) is 11.7 Å². The average Bonchev–Trinajstić information content (AvgIpc) is 2.63. The Bertz CT molecular complexity index is 674. The smallest absolute Gasteiger partial charge is 0.225 e. The second-order valence-electron chi connectivity index (χ2n) is 5.60. The second-order valence-corrected chi connectivity index (χ2v) is 5.60. The van der Waals surface area contributed by atoms with E-state index in [0.717, 1.165) is 13.1 Å². The van der Waals surface area contributed by atoms with E-state index < -0.39 is 0 Å². The molecule has 0 spiro atoms. The molecule has 1 fully saturated rings. The predicted molar refractivity (Wildman–Crippen MR) is 90.3 cm³/mol. The number of nitrogens with zero attached hydrogens (tertiary/aromatic N) is 4. The van der Waals surface area contributed by atoms with Crippen LogP contribution in [-0.2, 0) is 4.79 Å². The Morgan fingerprint density at radius 1 is 1.12 bits per heavy atom. The summed E-state index contributed by atoms with van der Waals surface area (Å²) in [5, 5.41) is 3.07. The molecule has 0 aliphatic carbocycles. The van der Waals surface area contributed by atoms with E-state index in [1.165, 1.54) is 12.1 Å². The van der Waals surface area contributed by atoms with Gasteiger partial charge >= 0.3 is 0 Å². The van der Waals surface area contributed by atoms with Crippen LogP contribution in [0.15, 0.2) is 42.7 Å². The molecule has 1 aromatic carbocycles. The summed E-state index contributed by atoms with van der Waals surface area (Å²) in [6, 6.07) is 8.03. The third kappa shape index (κ3) is 4.18. The Labute approximate surface area is 140 Å². The van der Waals surface area contributed by atoms with Crippen LogP contribution in [0.4, 0.5) is 16.0 Å². The van der Waals surface area contributed by atoms with E-state index in [1.807, 2.05) is 4.90 Å². The molecule has 1 N–H and O–H groups in total. The van der Waals surface area contributed by atoms with Crippen LogP contribution in [0.1, 0.15) is 6.42 Å². The number of aromatic nitrogens is 2. The number of nitrogens with one attached hydrogen (secondary N) is 1. The van der Waals surface area contributed by atoms with E-state index in [0.29, 0.717) is 37.7 Å². The van der Waals surface area contributed by atoms with Crippen molar-refractivity contribution in [3.05, 3.63) is 48.5 Å². The minimum atomic E-state index is -0.287. The first-order valence-electron chi connectivity index (χ1n) is 8.01. The number of carbonyl (C=O) groups excluding carboxylic acids is 1. The summed E-state index contributed by atoms with van der Waals surface area (Å²) >= 11 is 0. The zero-order valence-electron chi connectivity index (χ0n) is 13.4. The summed E-state index contributed by atoms with van der Waals surface area (Å²) in [6.07, 6.45) is 3.83. The maximum absolute atomic E-state index is 13.1. The minimum Gasteiger partial charge on any atom is -0.384 e. The van der Waals surface area contributed by atoms with Crippen LogP contribution < -0.4 is 10.2 Å². The molecule has 1 saturated heterocycles. The molecule has 3 rings (SSSR count). The highest BCUT2D eigenvalue weighted by Gasteiger charge is 2.21. The molecule has 0 bridgehead atoms. The standard InChI is InChI=1S/C17H20FN5O/c18-14-3-1-4-15(13-14)19-8-5-16(24)22-9-11-23(12-10-22)17-20-6-2-7-21-17/h1-4,6-7,13,19H,5,8-12H2. The van der Waals surface area contributed by atoms with Crippen molar-refractivity contribution < 1.29 is 9.18 Å². The van der Waals surface area contributed by atoms with Gasteiger partial charge in [-0.15, -0.1) is 0 Å². The first-order valence-corrected chi connectivity index (χ1v) is 8.01. The fourth-order valence-corrected chi connectivity index (χ4v) is 2.68. The molecule has 7 heteroatoms. The Hall–Kier alpha value is -2.70. The number of amides is 1. The number of hydrogen-bond donors (Lipinski definition) is 1. The summed E-state index contributed by atoms with van der Waals surface area (Å²) in [7, 11) is 0. The monoisotopic (exact) mass is 329 g/mol. The van der Waals surface area contributed by atoms with E-state index >= 15 is 0 Å². The maximum atomic E-state index is 13.1. The van der Waals surface area contributed by atoms with E-state index in [4.69, 9.17) is 0 Å². The molecule has 2 aromatic rings. The first-order chi connectivity index (χ1) is 11.7. The SMILES string of the molecule is O=C(CCNc1cccc(F)c1)N1CCN(c2ncccn2)CC1. The lowest BCUT2D eigenvalue weighted by Crippen LogP contribution is -2.49. The van der Waals surface area contributed by atoms with Crippen LogP contribution in [0.2, 0.25) is 0 Å². The highest BCUT2D eigenvalue weighted by atomic mass is 19.1. The molecule has 1 aliphatic heterocycles. The van der Waals surface area contributed by atoms with E-state index in [1.54, 1.807) is 30.6 Å². The van der Waals surface area contributed by atoms with E-state index in [2.05, 4.69) is 20.2 Å². The van der Waals surface area contributed by atoms with Crippen LogP contribution in [-0.4, -0.2) is 53.5 Å². The highest BCUT2D eigenvalue weighted by Crippen LogP contribution is 2.11. The van der Waals surface area contributed by atoms with Crippen molar-refractivity contribution in [2.24, 2.45) is 0 Å². The Morgan fingerprint density at radius 2 is 1.88 bits per heavy atom. The molecular formula is C17H20FN5O. The molecular weight excluding hydrogens is 309 g/mol. The van der Waals surface area contributed by atoms with Crippen LogP contribution in [0, 0.1) is 5.82 Å². The molecule has 6 nitrogen and oxygen atoms in total. The first kappa shape index (κ1) is 16.2. The zero-order valence-corrected chi connectivity index (χ0v) is 13.4. The molecule has 1 amide bonds. The third-order valence-corrected chi connectivity index (χ3v) is 3.96. The minimum absolute atomic E-state index is 0.104. The van der Waals surface area contributed by atoms with Crippen LogP contribution in [0.5, 0.6) is 0 Å². The number of carbonyl (C=O) groups is 1. The van der Waals surface area contributed by atoms with Crippen molar-refractivity contribution >= 4 is 17.5 Å². The lowest BCUT2D eigenvalue weighted by Gasteiger charge is -2.34. The Balaban J connectivity index is 1.42. The summed E-state index contributed by atoms with van der Waals surface area (Å²) in [6.45, 7) is 3.28. The quantitative estimate of drug-likeness (QED) is 0.906. The van der Waals surface area contributed by atoms with E-state index in [9.17, 15) is 9.18 Å². The third-order valence-electron chi connectivity index (χ3n) is 3.96. The number of benzene rings is 1. The molecule has 24 heavy (non-hydrogen) atoms. The molecule has 0 unspecified atom stereocenters. The van der Waals surface area contributed by atoms with Gasteiger partial charge in [-0.25, -0.2) is 14.4 Å². The van der Waals surface area contributed by atoms with Crippen molar-refractivity contribution in [1.29, 1.82) is 0 Å². The second kappa shape index (κ2) is 7.72. The maximum Gasteiger partial charge on any atom is 0.225 e. The average molecular weight is 329 g/mol. The molecule has 1 aromatic heterocycles. The topological polar surface area (TPSA) is 61.4 Å². The van der Waals surface area contributed by atoms with Gasteiger partial charge in [0, 0.05) is 57.2 Å². The Morgan fingerprint density at radius 3 is 2.58 bits per heavy atom. The largest absolute Gasteiger partial charge is 0.384 e. The van der Waals surface area contributed by atoms with Crippen molar-refractivity contribution in [2.45, 2.75) is 6.42 Å². The normalized spacial score (nSPS) is 14.5. The van der Waals surface area contributed by atoms with Crippen molar-refractivity contribution in [3.8, 4) is 0 Å². The van der Waals surface area contributed by atoms with Gasteiger partial charge < -0.3 is 15.1 Å². The van der Waals surface area contributed by atoms with Gasteiger partial charge in [-0.2, -0.15) is 0 Å². The molecule has 0 atom stereocenters. The zero-order chi connectivity index (χ0) is 16.8. The molecule has 0 radical (unpaired) electrons. The van der Waals surface area contributed by atoms with Gasteiger partial charge in [0.05, 0.1) is 0 Å². The van der Waals surface area contributed by atoms with Crippen LogP contribution in [0.3, 0.4) is 0 Å². The predicted octanol–water partition coefficient (Wildman–Crippen LogP) is 1.77. The van der Waals surface area contributed by atoms with Crippen molar-refractivity contribution in [3.63, 3.8) is 0 Å². The molecule has 126 valence electrons. The van der Waals surface area contributed by atoms with Crippen LogP contribution >= 0.6 is 0 Å². The lowest BCUT2D eigenvalue weighted by molar-refractivity contribution is -0.131.